The SMILES string of the molecule is CCCCC/C=C\C/C=C\CCCCCCCC(=O)OCCCCCCCCC/C=C\CCCCCCCC(=O)NC(CO)C(O)CCCCCCCCCCCCCCCCCCCCCCC. The van der Waals surface area contributed by atoms with Gasteiger partial charge in [-0.2, -0.15) is 0 Å². The van der Waals surface area contributed by atoms with Gasteiger partial charge in [0.1, 0.15) is 0 Å². The highest BCUT2D eigenvalue weighted by molar-refractivity contribution is 5.76. The van der Waals surface area contributed by atoms with Crippen molar-refractivity contribution < 1.29 is 24.5 Å². The van der Waals surface area contributed by atoms with E-state index in [0.29, 0.717) is 25.9 Å². The summed E-state index contributed by atoms with van der Waals surface area (Å²) in [6, 6.07) is -0.556. The average molecular weight is 971 g/mol. The first kappa shape index (κ1) is 67.1. The Bertz CT molecular complexity index is 1120. The van der Waals surface area contributed by atoms with E-state index in [2.05, 4.69) is 55.6 Å². The average Bonchev–Trinajstić information content (AvgIpc) is 3.35. The zero-order valence-electron chi connectivity index (χ0n) is 46.3. The van der Waals surface area contributed by atoms with Crippen LogP contribution in [0.1, 0.15) is 328 Å². The summed E-state index contributed by atoms with van der Waals surface area (Å²) < 4.78 is 5.46. The second-order valence-electron chi connectivity index (χ2n) is 21.0. The van der Waals surface area contributed by atoms with E-state index in [-0.39, 0.29) is 18.5 Å². The number of ether oxygens (including phenoxy) is 1. The molecule has 0 aliphatic heterocycles. The molecule has 0 spiro atoms. The minimum absolute atomic E-state index is 0.0164. The zero-order chi connectivity index (χ0) is 50.0. The lowest BCUT2D eigenvalue weighted by molar-refractivity contribution is -0.143. The van der Waals surface area contributed by atoms with Gasteiger partial charge in [-0.1, -0.05) is 269 Å². The van der Waals surface area contributed by atoms with E-state index in [1.165, 1.54) is 225 Å². The lowest BCUT2D eigenvalue weighted by atomic mass is 10.0. The summed E-state index contributed by atoms with van der Waals surface area (Å²) in [5, 5.41) is 23.4. The second kappa shape index (κ2) is 58.6. The van der Waals surface area contributed by atoms with Crippen LogP contribution in [0.5, 0.6) is 0 Å². The molecule has 0 aromatic rings. The summed E-state index contributed by atoms with van der Waals surface area (Å²) >= 11 is 0. The molecule has 0 fully saturated rings. The highest BCUT2D eigenvalue weighted by Crippen LogP contribution is 2.17. The lowest BCUT2D eigenvalue weighted by Crippen LogP contribution is -2.45. The Morgan fingerprint density at radius 3 is 1.14 bits per heavy atom. The van der Waals surface area contributed by atoms with Gasteiger partial charge >= 0.3 is 5.97 Å². The fourth-order valence-corrected chi connectivity index (χ4v) is 9.43. The minimum atomic E-state index is -0.677. The van der Waals surface area contributed by atoms with Crippen LogP contribution in [0.2, 0.25) is 0 Å². The maximum Gasteiger partial charge on any atom is 0.305 e. The highest BCUT2D eigenvalue weighted by atomic mass is 16.5. The molecule has 0 radical (unpaired) electrons. The maximum absolute atomic E-state index is 12.5. The van der Waals surface area contributed by atoms with Crippen LogP contribution in [0.3, 0.4) is 0 Å². The molecule has 2 atom stereocenters. The van der Waals surface area contributed by atoms with Crippen LogP contribution in [0.15, 0.2) is 36.5 Å². The van der Waals surface area contributed by atoms with E-state index in [0.717, 1.165) is 70.6 Å². The standard InChI is InChI=1S/C63H119NO5/c1-3-5-7-9-11-13-15-17-19-20-21-22-23-24-28-31-35-39-43-47-51-55-61(66)60(59-65)64-62(67)56-52-48-44-40-36-32-29-25-26-30-34-38-42-46-50-54-58-69-63(68)57-53-49-45-41-37-33-27-18-16-14-12-10-8-6-4-2/h12,14,18,25,27,29,60-61,65-66H,3-11,13,15-17,19-24,26,28,30-59H2,1-2H3,(H,64,67)/b14-12-,27-18-,29-25-. The van der Waals surface area contributed by atoms with Gasteiger partial charge in [-0.15, -0.1) is 0 Å². The lowest BCUT2D eigenvalue weighted by Gasteiger charge is -2.22. The summed E-state index contributed by atoms with van der Waals surface area (Å²) in [6.45, 7) is 4.91. The number of unbranched alkanes of at least 4 members (excludes halogenated alkanes) is 40. The molecule has 6 nitrogen and oxygen atoms in total. The van der Waals surface area contributed by atoms with E-state index in [9.17, 15) is 19.8 Å². The Morgan fingerprint density at radius 1 is 0.406 bits per heavy atom. The number of aliphatic hydroxyl groups is 2. The van der Waals surface area contributed by atoms with Crippen molar-refractivity contribution in [3.63, 3.8) is 0 Å². The summed E-state index contributed by atoms with van der Waals surface area (Å²) in [6.07, 6.45) is 72.8. The van der Waals surface area contributed by atoms with Crippen molar-refractivity contribution in [2.24, 2.45) is 0 Å². The van der Waals surface area contributed by atoms with E-state index in [4.69, 9.17) is 4.74 Å². The van der Waals surface area contributed by atoms with Crippen LogP contribution < -0.4 is 5.32 Å². The normalized spacial score (nSPS) is 12.8. The molecule has 0 aromatic heterocycles. The molecule has 0 saturated heterocycles. The van der Waals surface area contributed by atoms with Crippen LogP contribution >= 0.6 is 0 Å². The Hall–Kier alpha value is -1.92. The number of carbonyl (C=O) groups is 2. The van der Waals surface area contributed by atoms with Crippen molar-refractivity contribution in [2.45, 2.75) is 341 Å². The van der Waals surface area contributed by atoms with Gasteiger partial charge in [0.2, 0.25) is 5.91 Å². The number of esters is 1. The van der Waals surface area contributed by atoms with Crippen molar-refractivity contribution in [1.82, 2.24) is 5.32 Å². The number of allylic oxidation sites excluding steroid dienone is 6. The molecule has 0 heterocycles. The number of rotatable bonds is 57. The molecule has 406 valence electrons. The predicted octanol–water partition coefficient (Wildman–Crippen LogP) is 19.2. The third-order valence-corrected chi connectivity index (χ3v) is 14.2. The molecule has 0 aromatic carbocycles. The van der Waals surface area contributed by atoms with Crippen molar-refractivity contribution in [2.75, 3.05) is 13.2 Å². The summed E-state index contributed by atoms with van der Waals surface area (Å²) in [5.74, 6) is -0.0665. The molecule has 2 unspecified atom stereocenters. The Kier molecular flexibility index (Phi) is 57.0. The monoisotopic (exact) mass is 970 g/mol. The molecule has 0 aliphatic rings. The third-order valence-electron chi connectivity index (χ3n) is 14.2. The number of amides is 1. The van der Waals surface area contributed by atoms with Gasteiger partial charge in [0.25, 0.3) is 0 Å². The smallest absolute Gasteiger partial charge is 0.305 e. The molecule has 69 heavy (non-hydrogen) atoms. The molecule has 0 saturated carbocycles. The maximum atomic E-state index is 12.5. The molecule has 0 aliphatic carbocycles. The third kappa shape index (κ3) is 55.2. The molecular formula is C63H119NO5. The topological polar surface area (TPSA) is 95.9 Å². The van der Waals surface area contributed by atoms with Gasteiger partial charge < -0.3 is 20.3 Å². The van der Waals surface area contributed by atoms with Crippen molar-refractivity contribution in [1.29, 1.82) is 0 Å². The van der Waals surface area contributed by atoms with E-state index < -0.39 is 12.1 Å². The number of hydrogen-bond acceptors (Lipinski definition) is 5. The first-order valence-corrected chi connectivity index (χ1v) is 30.7. The number of aliphatic hydroxyl groups excluding tert-OH is 2. The van der Waals surface area contributed by atoms with Crippen LogP contribution in [-0.2, 0) is 14.3 Å². The fourth-order valence-electron chi connectivity index (χ4n) is 9.43. The molecule has 0 bridgehead atoms. The summed E-state index contributed by atoms with van der Waals surface area (Å²) in [7, 11) is 0. The highest BCUT2D eigenvalue weighted by Gasteiger charge is 2.20. The van der Waals surface area contributed by atoms with Crippen molar-refractivity contribution >= 4 is 11.9 Å². The second-order valence-corrected chi connectivity index (χ2v) is 21.0. The van der Waals surface area contributed by atoms with E-state index in [1.54, 1.807) is 0 Å². The van der Waals surface area contributed by atoms with Crippen LogP contribution in [0, 0.1) is 0 Å². The van der Waals surface area contributed by atoms with E-state index >= 15 is 0 Å². The van der Waals surface area contributed by atoms with Gasteiger partial charge in [0, 0.05) is 12.8 Å². The summed E-state index contributed by atoms with van der Waals surface area (Å²) in [5.41, 5.74) is 0. The molecule has 6 heteroatoms. The quantitative estimate of drug-likeness (QED) is 0.0321. The van der Waals surface area contributed by atoms with Gasteiger partial charge in [0.15, 0.2) is 0 Å². The molecule has 3 N–H and O–H groups in total. The molecule has 1 amide bonds. The van der Waals surface area contributed by atoms with E-state index in [1.807, 2.05) is 0 Å². The first-order chi connectivity index (χ1) is 34.0. The Morgan fingerprint density at radius 2 is 0.725 bits per heavy atom. The number of hydrogen-bond donors (Lipinski definition) is 3. The van der Waals surface area contributed by atoms with Gasteiger partial charge in [-0.25, -0.2) is 0 Å². The van der Waals surface area contributed by atoms with Crippen LogP contribution in [-0.4, -0.2) is 47.4 Å². The zero-order valence-corrected chi connectivity index (χ0v) is 46.3. The first-order valence-electron chi connectivity index (χ1n) is 30.7. The van der Waals surface area contributed by atoms with Gasteiger partial charge in [-0.3, -0.25) is 9.59 Å². The Labute approximate surface area is 430 Å². The molecule has 0 rings (SSSR count). The largest absolute Gasteiger partial charge is 0.466 e. The van der Waals surface area contributed by atoms with Crippen molar-refractivity contribution in [3.05, 3.63) is 36.5 Å². The predicted molar refractivity (Wildman–Crippen MR) is 301 cm³/mol. The summed E-state index contributed by atoms with van der Waals surface area (Å²) in [4.78, 5) is 24.6. The Balaban J connectivity index is 3.47. The van der Waals surface area contributed by atoms with Crippen molar-refractivity contribution in [3.8, 4) is 0 Å². The van der Waals surface area contributed by atoms with Crippen LogP contribution in [0.4, 0.5) is 0 Å². The fraction of sp³-hybridized carbons (Fsp3) is 0.873. The van der Waals surface area contributed by atoms with Crippen LogP contribution in [0.25, 0.3) is 0 Å². The van der Waals surface area contributed by atoms with Gasteiger partial charge in [-0.05, 0) is 83.5 Å². The van der Waals surface area contributed by atoms with Gasteiger partial charge in [0.05, 0.1) is 25.4 Å². The number of carbonyl (C=O) groups excluding carboxylic acids is 2. The minimum Gasteiger partial charge on any atom is -0.466 e. The molecular weight excluding hydrogens is 851 g/mol. The number of nitrogens with one attached hydrogen (secondary N) is 1.